The molecule has 0 unspecified atom stereocenters. The highest BCUT2D eigenvalue weighted by atomic mass is 35.5. The van der Waals surface area contributed by atoms with Crippen molar-refractivity contribution < 1.29 is 19.2 Å². The number of nitrogens with zero attached hydrogens (tertiary/aromatic N) is 3. The number of benzene rings is 3. The van der Waals surface area contributed by atoms with Gasteiger partial charge in [-0.15, -0.1) is 0 Å². The maximum Gasteiger partial charge on any atom is 0.276 e. The van der Waals surface area contributed by atoms with E-state index in [1.54, 1.807) is 6.20 Å². The molecule has 0 fully saturated rings. The molecule has 190 valence electrons. The molecule has 0 bridgehead atoms. The predicted octanol–water partition coefficient (Wildman–Crippen LogP) is 6.76. The molecule has 1 amide bonds. The van der Waals surface area contributed by atoms with Crippen molar-refractivity contribution in [3.05, 3.63) is 104 Å². The van der Waals surface area contributed by atoms with Crippen molar-refractivity contribution in [2.75, 3.05) is 5.32 Å². The van der Waals surface area contributed by atoms with Crippen molar-refractivity contribution in [2.45, 2.75) is 34.4 Å². The van der Waals surface area contributed by atoms with Crippen LogP contribution in [0.5, 0.6) is 17.2 Å². The third kappa shape index (κ3) is 6.45. The van der Waals surface area contributed by atoms with Gasteiger partial charge in [-0.25, -0.2) is 4.68 Å². The minimum Gasteiger partial charge on any atom is -0.471 e. The quantitative estimate of drug-likeness (QED) is 0.203. The molecule has 0 atom stereocenters. The first-order chi connectivity index (χ1) is 17.6. The molecule has 0 aliphatic carbocycles. The molecule has 4 rings (SSSR count). The van der Waals surface area contributed by atoms with Crippen LogP contribution in [0.2, 0.25) is 5.02 Å². The number of nitro groups is 1. The molecule has 1 heterocycles. The summed E-state index contributed by atoms with van der Waals surface area (Å²) in [6.07, 6.45) is 1.60. The zero-order valence-corrected chi connectivity index (χ0v) is 21.5. The zero-order chi connectivity index (χ0) is 26.7. The summed E-state index contributed by atoms with van der Waals surface area (Å²) in [5.74, 6) is 0.866. The fourth-order valence-electron chi connectivity index (χ4n) is 3.83. The van der Waals surface area contributed by atoms with E-state index in [0.717, 1.165) is 22.3 Å². The summed E-state index contributed by atoms with van der Waals surface area (Å²) in [7, 11) is 0. The summed E-state index contributed by atoms with van der Waals surface area (Å²) < 4.78 is 13.1. The van der Waals surface area contributed by atoms with Gasteiger partial charge in [0.25, 0.3) is 11.6 Å². The number of nitrogens with one attached hydrogen (secondary N) is 1. The van der Waals surface area contributed by atoms with Crippen molar-refractivity contribution in [3.63, 3.8) is 0 Å². The summed E-state index contributed by atoms with van der Waals surface area (Å²) >= 11 is 6.20. The lowest BCUT2D eigenvalue weighted by Crippen LogP contribution is -2.14. The van der Waals surface area contributed by atoms with E-state index in [1.165, 1.54) is 28.9 Å². The SMILES string of the molecule is Cc1cc(C)cc(Oc2cc(NC(=O)c3ccn(COc4cc(C)c(Cl)c(C)c4)n3)cc([N+](=O)[O-])c2)c1. The highest BCUT2D eigenvalue weighted by molar-refractivity contribution is 6.32. The van der Waals surface area contributed by atoms with Gasteiger partial charge in [0.1, 0.15) is 17.2 Å². The molecule has 0 saturated heterocycles. The lowest BCUT2D eigenvalue weighted by molar-refractivity contribution is -0.384. The first-order valence-electron chi connectivity index (χ1n) is 11.4. The van der Waals surface area contributed by atoms with Crippen LogP contribution in [0.4, 0.5) is 11.4 Å². The molecule has 10 heteroatoms. The molecule has 0 spiro atoms. The van der Waals surface area contributed by atoms with Crippen LogP contribution >= 0.6 is 11.6 Å². The van der Waals surface area contributed by atoms with Gasteiger partial charge in [-0.3, -0.25) is 14.9 Å². The van der Waals surface area contributed by atoms with E-state index in [1.807, 2.05) is 58.0 Å². The second-order valence-electron chi connectivity index (χ2n) is 8.74. The van der Waals surface area contributed by atoms with Crippen molar-refractivity contribution in [2.24, 2.45) is 0 Å². The van der Waals surface area contributed by atoms with Gasteiger partial charge in [-0.2, -0.15) is 5.10 Å². The molecule has 4 aromatic rings. The molecule has 1 aromatic heterocycles. The monoisotopic (exact) mass is 520 g/mol. The van der Waals surface area contributed by atoms with Crippen LogP contribution in [0.15, 0.2) is 60.8 Å². The van der Waals surface area contributed by atoms with Gasteiger partial charge in [0.2, 0.25) is 0 Å². The van der Waals surface area contributed by atoms with Gasteiger partial charge >= 0.3 is 0 Å². The number of anilines is 1. The van der Waals surface area contributed by atoms with Crippen molar-refractivity contribution in [1.29, 1.82) is 0 Å². The summed E-state index contributed by atoms with van der Waals surface area (Å²) in [6, 6.07) is 14.9. The first kappa shape index (κ1) is 25.7. The Balaban J connectivity index is 1.47. The number of hydrogen-bond donors (Lipinski definition) is 1. The number of rotatable bonds is 8. The molecule has 1 N–H and O–H groups in total. The normalized spacial score (nSPS) is 10.7. The smallest absolute Gasteiger partial charge is 0.276 e. The molecule has 0 aliphatic heterocycles. The Morgan fingerprint density at radius 2 is 1.62 bits per heavy atom. The minimum atomic E-state index is -0.545. The summed E-state index contributed by atoms with van der Waals surface area (Å²) in [5, 5.41) is 19.1. The topological polar surface area (TPSA) is 109 Å². The highest BCUT2D eigenvalue weighted by Gasteiger charge is 2.16. The molecule has 0 radical (unpaired) electrons. The summed E-state index contributed by atoms with van der Waals surface area (Å²) in [5.41, 5.74) is 3.89. The largest absolute Gasteiger partial charge is 0.471 e. The first-order valence-corrected chi connectivity index (χ1v) is 11.7. The van der Waals surface area contributed by atoms with Gasteiger partial charge < -0.3 is 14.8 Å². The van der Waals surface area contributed by atoms with E-state index in [2.05, 4.69) is 10.4 Å². The molecular formula is C27H25ClN4O5. The Bertz CT molecular complexity index is 1450. The Hall–Kier alpha value is -4.37. The van der Waals surface area contributed by atoms with Gasteiger partial charge in [-0.1, -0.05) is 17.7 Å². The van der Waals surface area contributed by atoms with Crippen molar-refractivity contribution in [3.8, 4) is 17.2 Å². The van der Waals surface area contributed by atoms with E-state index >= 15 is 0 Å². The van der Waals surface area contributed by atoms with E-state index in [-0.39, 0.29) is 29.5 Å². The molecular weight excluding hydrogens is 496 g/mol. The van der Waals surface area contributed by atoms with Crippen LogP contribution in [0.3, 0.4) is 0 Å². The Morgan fingerprint density at radius 1 is 0.973 bits per heavy atom. The number of aryl methyl sites for hydroxylation is 4. The summed E-state index contributed by atoms with van der Waals surface area (Å²) in [4.78, 5) is 23.7. The number of carbonyl (C=O) groups is 1. The lowest BCUT2D eigenvalue weighted by Gasteiger charge is -2.10. The Labute approximate surface area is 218 Å². The summed E-state index contributed by atoms with van der Waals surface area (Å²) in [6.45, 7) is 7.73. The molecule has 3 aromatic carbocycles. The van der Waals surface area contributed by atoms with Crippen LogP contribution in [0.1, 0.15) is 32.7 Å². The number of non-ortho nitro benzene ring substituents is 1. The number of carbonyl (C=O) groups excluding carboxylic acids is 1. The second kappa shape index (κ2) is 10.7. The fraction of sp³-hybridized carbons (Fsp3) is 0.185. The van der Waals surface area contributed by atoms with Gasteiger partial charge in [0, 0.05) is 23.4 Å². The Kier molecular flexibility index (Phi) is 7.45. The zero-order valence-electron chi connectivity index (χ0n) is 20.7. The number of amides is 1. The predicted molar refractivity (Wildman–Crippen MR) is 141 cm³/mol. The Morgan fingerprint density at radius 3 is 2.27 bits per heavy atom. The minimum absolute atomic E-state index is 0.0818. The average molecular weight is 521 g/mol. The fourth-order valence-corrected chi connectivity index (χ4v) is 3.94. The number of nitro benzene ring substituents is 1. The standard InChI is InChI=1S/C27H25ClN4O5/c1-16-7-17(2)9-23(8-16)37-24-13-20(12-21(14-24)32(34)35)29-27(33)25-5-6-31(30-25)15-36-22-10-18(3)26(28)19(4)11-22/h5-14H,15H2,1-4H3,(H,29,33). The number of aromatic nitrogens is 2. The molecule has 9 nitrogen and oxygen atoms in total. The lowest BCUT2D eigenvalue weighted by atomic mass is 10.1. The van der Waals surface area contributed by atoms with E-state index < -0.39 is 10.8 Å². The van der Waals surface area contributed by atoms with E-state index in [4.69, 9.17) is 21.1 Å². The van der Waals surface area contributed by atoms with E-state index in [0.29, 0.717) is 16.5 Å². The van der Waals surface area contributed by atoms with Gasteiger partial charge in [-0.05, 0) is 80.3 Å². The number of hydrogen-bond acceptors (Lipinski definition) is 6. The molecule has 0 saturated carbocycles. The maximum atomic E-state index is 12.8. The maximum absolute atomic E-state index is 12.8. The van der Waals surface area contributed by atoms with Crippen LogP contribution in [0.25, 0.3) is 0 Å². The molecule has 37 heavy (non-hydrogen) atoms. The van der Waals surface area contributed by atoms with Crippen molar-refractivity contribution in [1.82, 2.24) is 9.78 Å². The van der Waals surface area contributed by atoms with Crippen molar-refractivity contribution >= 4 is 28.9 Å². The number of halogens is 1. The second-order valence-corrected chi connectivity index (χ2v) is 9.12. The van der Waals surface area contributed by atoms with Crippen LogP contribution in [0, 0.1) is 37.8 Å². The van der Waals surface area contributed by atoms with Crippen LogP contribution < -0.4 is 14.8 Å². The van der Waals surface area contributed by atoms with Gasteiger partial charge in [0.05, 0.1) is 16.7 Å². The van der Waals surface area contributed by atoms with E-state index in [9.17, 15) is 14.9 Å². The third-order valence-corrected chi connectivity index (χ3v) is 6.03. The van der Waals surface area contributed by atoms with Gasteiger partial charge in [0.15, 0.2) is 12.4 Å². The average Bonchev–Trinajstić information content (AvgIpc) is 3.29. The highest BCUT2D eigenvalue weighted by Crippen LogP contribution is 2.31. The van der Waals surface area contributed by atoms with Crippen LogP contribution in [-0.4, -0.2) is 20.6 Å². The number of ether oxygens (including phenoxy) is 2. The molecule has 0 aliphatic rings. The van der Waals surface area contributed by atoms with Crippen LogP contribution in [-0.2, 0) is 6.73 Å². The third-order valence-electron chi connectivity index (χ3n) is 5.44.